The second-order valence-electron chi connectivity index (χ2n) is 3.80. The van der Waals surface area contributed by atoms with Crippen LogP contribution in [0.4, 0.5) is 0 Å². The van der Waals surface area contributed by atoms with E-state index in [9.17, 15) is 4.79 Å². The van der Waals surface area contributed by atoms with Gasteiger partial charge in [0.1, 0.15) is 0 Å². The van der Waals surface area contributed by atoms with Crippen LogP contribution in [0.25, 0.3) is 10.9 Å². The Morgan fingerprint density at radius 3 is 2.73 bits per heavy atom. The molecule has 0 amide bonds. The summed E-state index contributed by atoms with van der Waals surface area (Å²) >= 11 is 0. The molecule has 0 aliphatic carbocycles. The molecule has 78 valence electrons. The molecule has 2 N–H and O–H groups in total. The van der Waals surface area contributed by atoms with Gasteiger partial charge < -0.3 is 10.1 Å². The van der Waals surface area contributed by atoms with Gasteiger partial charge in [0.25, 0.3) is 0 Å². The first-order chi connectivity index (χ1) is 7.09. The molecule has 0 fully saturated rings. The highest BCUT2D eigenvalue weighted by Crippen LogP contribution is 2.24. The van der Waals surface area contributed by atoms with Gasteiger partial charge in [0.2, 0.25) is 0 Å². The number of nitrogens with one attached hydrogen (secondary N) is 1. The second kappa shape index (κ2) is 3.42. The molecule has 0 aliphatic rings. The first-order valence-corrected chi connectivity index (χ1v) is 4.88. The first-order valence-electron chi connectivity index (χ1n) is 4.88. The number of aromatic amines is 1. The van der Waals surface area contributed by atoms with Crippen LogP contribution < -0.4 is 0 Å². The molecule has 0 saturated carbocycles. The zero-order valence-corrected chi connectivity index (χ0v) is 8.79. The molecule has 0 atom stereocenters. The molecule has 2 aromatic rings. The molecule has 0 unspecified atom stereocenters. The Morgan fingerprint density at radius 1 is 1.40 bits per heavy atom. The summed E-state index contributed by atoms with van der Waals surface area (Å²) < 4.78 is 0. The van der Waals surface area contributed by atoms with Gasteiger partial charge in [0.05, 0.1) is 6.42 Å². The maximum atomic E-state index is 10.7. The van der Waals surface area contributed by atoms with E-state index in [1.54, 1.807) is 0 Å². The van der Waals surface area contributed by atoms with E-state index in [4.69, 9.17) is 5.11 Å². The zero-order valence-electron chi connectivity index (χ0n) is 8.79. The molecule has 2 rings (SSSR count). The van der Waals surface area contributed by atoms with Crippen LogP contribution >= 0.6 is 0 Å². The minimum atomic E-state index is -0.803. The Hall–Kier alpha value is -1.77. The molecular weight excluding hydrogens is 190 g/mol. The predicted molar refractivity (Wildman–Crippen MR) is 59.1 cm³/mol. The number of hydrogen-bond donors (Lipinski definition) is 2. The molecule has 15 heavy (non-hydrogen) atoms. The number of aliphatic carboxylic acids is 1. The summed E-state index contributed by atoms with van der Waals surface area (Å²) in [5, 5.41) is 9.91. The van der Waals surface area contributed by atoms with Gasteiger partial charge in [-0.2, -0.15) is 0 Å². The normalized spacial score (nSPS) is 10.8. The molecule has 0 bridgehead atoms. The van der Waals surface area contributed by atoms with Crippen molar-refractivity contribution in [3.05, 3.63) is 35.0 Å². The van der Waals surface area contributed by atoms with Crippen molar-refractivity contribution in [2.24, 2.45) is 0 Å². The predicted octanol–water partition coefficient (Wildman–Crippen LogP) is 2.41. The third-order valence-corrected chi connectivity index (χ3v) is 2.71. The highest BCUT2D eigenvalue weighted by molar-refractivity contribution is 5.88. The Balaban J connectivity index is 2.64. The van der Waals surface area contributed by atoms with Crippen LogP contribution in [0.3, 0.4) is 0 Å². The lowest BCUT2D eigenvalue weighted by molar-refractivity contribution is -0.136. The Morgan fingerprint density at radius 2 is 2.13 bits per heavy atom. The minimum absolute atomic E-state index is 0.0555. The Bertz CT molecular complexity index is 526. The summed E-state index contributed by atoms with van der Waals surface area (Å²) in [6.45, 7) is 4.00. The number of carbonyl (C=O) groups is 1. The molecule has 1 aromatic heterocycles. The van der Waals surface area contributed by atoms with Crippen LogP contribution in [0.1, 0.15) is 16.8 Å². The number of carboxylic acid groups (broad SMARTS) is 1. The van der Waals surface area contributed by atoms with E-state index in [1.807, 2.05) is 32.0 Å². The Labute approximate surface area is 87.7 Å². The van der Waals surface area contributed by atoms with Crippen molar-refractivity contribution in [2.45, 2.75) is 20.3 Å². The van der Waals surface area contributed by atoms with Gasteiger partial charge >= 0.3 is 5.97 Å². The highest BCUT2D eigenvalue weighted by Gasteiger charge is 2.11. The number of benzene rings is 1. The van der Waals surface area contributed by atoms with E-state index in [2.05, 4.69) is 4.98 Å². The number of fused-ring (bicyclic) bond motifs is 1. The molecule has 0 saturated heterocycles. The lowest BCUT2D eigenvalue weighted by atomic mass is 10.1. The second-order valence-corrected chi connectivity index (χ2v) is 3.80. The van der Waals surface area contributed by atoms with Gasteiger partial charge in [-0.15, -0.1) is 0 Å². The molecular formula is C12H13NO2. The monoisotopic (exact) mass is 203 g/mol. The molecule has 1 aromatic carbocycles. The van der Waals surface area contributed by atoms with Gasteiger partial charge in [-0.25, -0.2) is 0 Å². The molecule has 1 heterocycles. The average Bonchev–Trinajstić information content (AvgIpc) is 2.44. The minimum Gasteiger partial charge on any atom is -0.481 e. The van der Waals surface area contributed by atoms with Crippen LogP contribution in [0.5, 0.6) is 0 Å². The fourth-order valence-corrected chi connectivity index (χ4v) is 2.00. The first kappa shape index (κ1) is 9.77. The van der Waals surface area contributed by atoms with E-state index in [1.165, 1.54) is 5.56 Å². The maximum Gasteiger partial charge on any atom is 0.309 e. The van der Waals surface area contributed by atoms with Crippen molar-refractivity contribution in [1.29, 1.82) is 0 Å². The van der Waals surface area contributed by atoms with Crippen molar-refractivity contribution in [3.8, 4) is 0 Å². The van der Waals surface area contributed by atoms with Crippen molar-refractivity contribution in [3.63, 3.8) is 0 Å². The summed E-state index contributed by atoms with van der Waals surface area (Å²) in [5.41, 5.74) is 4.04. The SMILES string of the molecule is Cc1cccc2[nH]c(CC(=O)O)c(C)c12. The van der Waals surface area contributed by atoms with E-state index in [0.29, 0.717) is 0 Å². The number of H-pyrrole nitrogens is 1. The van der Waals surface area contributed by atoms with Crippen LogP contribution in [0.2, 0.25) is 0 Å². The number of hydrogen-bond acceptors (Lipinski definition) is 1. The van der Waals surface area contributed by atoms with E-state index in [-0.39, 0.29) is 6.42 Å². The molecule has 0 spiro atoms. The molecule has 0 radical (unpaired) electrons. The number of rotatable bonds is 2. The number of aryl methyl sites for hydroxylation is 2. The summed E-state index contributed by atoms with van der Waals surface area (Å²) in [7, 11) is 0. The van der Waals surface area contributed by atoms with Gasteiger partial charge in [-0.05, 0) is 31.0 Å². The van der Waals surface area contributed by atoms with Gasteiger partial charge in [-0.1, -0.05) is 12.1 Å². The third-order valence-electron chi connectivity index (χ3n) is 2.71. The van der Waals surface area contributed by atoms with E-state index >= 15 is 0 Å². The van der Waals surface area contributed by atoms with E-state index in [0.717, 1.165) is 22.2 Å². The standard InChI is InChI=1S/C12H13NO2/c1-7-4-3-5-9-12(7)8(2)10(13-9)6-11(14)15/h3-5,13H,6H2,1-2H3,(H,14,15). The van der Waals surface area contributed by atoms with Crippen LogP contribution in [-0.2, 0) is 11.2 Å². The summed E-state index contributed by atoms with van der Waals surface area (Å²) in [5.74, 6) is -0.803. The van der Waals surface area contributed by atoms with Crippen LogP contribution in [-0.4, -0.2) is 16.1 Å². The number of carboxylic acids is 1. The molecule has 3 nitrogen and oxygen atoms in total. The lowest BCUT2D eigenvalue weighted by Gasteiger charge is -1.97. The fraction of sp³-hybridized carbons (Fsp3) is 0.250. The summed E-state index contributed by atoms with van der Waals surface area (Å²) in [6, 6.07) is 5.98. The zero-order chi connectivity index (χ0) is 11.0. The molecule has 3 heteroatoms. The maximum absolute atomic E-state index is 10.7. The summed E-state index contributed by atoms with van der Waals surface area (Å²) in [6.07, 6.45) is 0.0555. The van der Waals surface area contributed by atoms with Crippen molar-refractivity contribution < 1.29 is 9.90 Å². The molecule has 0 aliphatic heterocycles. The Kier molecular flexibility index (Phi) is 2.23. The fourth-order valence-electron chi connectivity index (χ4n) is 2.00. The van der Waals surface area contributed by atoms with Gasteiger partial charge in [-0.3, -0.25) is 4.79 Å². The van der Waals surface area contributed by atoms with Crippen LogP contribution in [0, 0.1) is 13.8 Å². The largest absolute Gasteiger partial charge is 0.481 e. The van der Waals surface area contributed by atoms with Crippen molar-refractivity contribution in [2.75, 3.05) is 0 Å². The van der Waals surface area contributed by atoms with Crippen molar-refractivity contribution in [1.82, 2.24) is 4.98 Å². The van der Waals surface area contributed by atoms with E-state index < -0.39 is 5.97 Å². The smallest absolute Gasteiger partial charge is 0.309 e. The third kappa shape index (κ3) is 1.61. The highest BCUT2D eigenvalue weighted by atomic mass is 16.4. The number of aromatic nitrogens is 1. The topological polar surface area (TPSA) is 53.1 Å². The van der Waals surface area contributed by atoms with Crippen LogP contribution in [0.15, 0.2) is 18.2 Å². The summed E-state index contributed by atoms with van der Waals surface area (Å²) in [4.78, 5) is 13.8. The quantitative estimate of drug-likeness (QED) is 0.787. The average molecular weight is 203 g/mol. The van der Waals surface area contributed by atoms with Gasteiger partial charge in [0, 0.05) is 16.6 Å². The lowest BCUT2D eigenvalue weighted by Crippen LogP contribution is -2.01. The van der Waals surface area contributed by atoms with Gasteiger partial charge in [0.15, 0.2) is 0 Å². The van der Waals surface area contributed by atoms with Crippen molar-refractivity contribution >= 4 is 16.9 Å².